The summed E-state index contributed by atoms with van der Waals surface area (Å²) in [4.78, 5) is 27.0. The molecule has 1 aromatic heterocycles. The second kappa shape index (κ2) is 11.4. The van der Waals surface area contributed by atoms with Crippen LogP contribution >= 0.6 is 11.3 Å². The summed E-state index contributed by atoms with van der Waals surface area (Å²) in [5.74, 6) is 0.419. The molecule has 1 amide bonds. The molecule has 0 saturated carbocycles. The highest BCUT2D eigenvalue weighted by Crippen LogP contribution is 2.38. The summed E-state index contributed by atoms with van der Waals surface area (Å²) in [6, 6.07) is 14.0. The lowest BCUT2D eigenvalue weighted by Crippen LogP contribution is -2.47. The highest BCUT2D eigenvalue weighted by atomic mass is 32.2. The van der Waals surface area contributed by atoms with E-state index in [4.69, 9.17) is 4.74 Å². The Morgan fingerprint density at radius 1 is 1.16 bits per heavy atom. The van der Waals surface area contributed by atoms with Crippen molar-refractivity contribution in [2.45, 2.75) is 37.1 Å². The van der Waals surface area contributed by atoms with Crippen LogP contribution in [0.3, 0.4) is 0 Å². The molecule has 3 aromatic rings. The SMILES string of the molecule is CCCCN(CC(=O)N1CCc2sccc2C1c1ccc(OC)cc1)S(=O)(=O)c1ccc([N+](=O)[O-])cc1. The number of benzene rings is 2. The average molecular weight is 544 g/mol. The molecular weight excluding hydrogens is 514 g/mol. The quantitative estimate of drug-likeness (QED) is 0.272. The molecule has 0 bridgehead atoms. The molecule has 1 unspecified atom stereocenters. The van der Waals surface area contributed by atoms with E-state index in [2.05, 4.69) is 0 Å². The third-order valence-corrected chi connectivity index (χ3v) is 9.33. The first-order chi connectivity index (χ1) is 17.8. The number of carbonyl (C=O) groups is 1. The van der Waals surface area contributed by atoms with Crippen molar-refractivity contribution in [3.05, 3.63) is 86.1 Å². The van der Waals surface area contributed by atoms with Gasteiger partial charge in [0.1, 0.15) is 5.75 Å². The van der Waals surface area contributed by atoms with E-state index in [1.165, 1.54) is 21.3 Å². The number of hydrogen-bond donors (Lipinski definition) is 0. The standard InChI is InChI=1S/C26H29N3O6S2/c1-3-4-15-27(37(33,34)22-11-7-20(8-12-22)29(31)32)18-25(30)28-16-13-24-23(14-17-36-24)26(28)19-5-9-21(35-2)10-6-19/h5-12,14,17,26H,3-4,13,15-16,18H2,1-2H3. The fourth-order valence-corrected chi connectivity index (χ4v) is 6.81. The van der Waals surface area contributed by atoms with Gasteiger partial charge in [-0.05, 0) is 59.7 Å². The van der Waals surface area contributed by atoms with Crippen molar-refractivity contribution >= 4 is 33.0 Å². The smallest absolute Gasteiger partial charge is 0.269 e. The van der Waals surface area contributed by atoms with Crippen molar-refractivity contribution in [2.75, 3.05) is 26.7 Å². The topological polar surface area (TPSA) is 110 Å². The molecule has 0 saturated heterocycles. The number of hydrogen-bond acceptors (Lipinski definition) is 7. The Balaban J connectivity index is 1.64. The Morgan fingerprint density at radius 3 is 2.49 bits per heavy atom. The van der Waals surface area contributed by atoms with E-state index in [9.17, 15) is 23.3 Å². The number of nitro benzene ring substituents is 1. The zero-order valence-corrected chi connectivity index (χ0v) is 22.3. The Labute approximate surface area is 220 Å². The fraction of sp³-hybridized carbons (Fsp3) is 0.346. The molecule has 2 aromatic carbocycles. The van der Waals surface area contributed by atoms with Crippen molar-refractivity contribution in [1.82, 2.24) is 9.21 Å². The van der Waals surface area contributed by atoms with Crippen LogP contribution in [0.15, 0.2) is 64.9 Å². The van der Waals surface area contributed by atoms with E-state index >= 15 is 0 Å². The molecule has 1 aliphatic heterocycles. The number of ether oxygens (including phenoxy) is 1. The average Bonchev–Trinajstić information content (AvgIpc) is 3.39. The van der Waals surface area contributed by atoms with E-state index in [1.54, 1.807) is 23.3 Å². The van der Waals surface area contributed by atoms with Crippen molar-refractivity contribution in [2.24, 2.45) is 0 Å². The van der Waals surface area contributed by atoms with Gasteiger partial charge in [0.2, 0.25) is 15.9 Å². The number of sulfonamides is 1. The molecule has 0 fully saturated rings. The molecule has 0 N–H and O–H groups in total. The van der Waals surface area contributed by atoms with Crippen molar-refractivity contribution in [3.8, 4) is 5.75 Å². The number of amides is 1. The summed E-state index contributed by atoms with van der Waals surface area (Å²) in [5, 5.41) is 13.0. The predicted octanol–water partition coefficient (Wildman–Crippen LogP) is 4.63. The maximum absolute atomic E-state index is 13.7. The Morgan fingerprint density at radius 2 is 1.86 bits per heavy atom. The van der Waals surface area contributed by atoms with Gasteiger partial charge in [0.25, 0.3) is 5.69 Å². The molecule has 0 radical (unpaired) electrons. The minimum absolute atomic E-state index is 0.0764. The monoisotopic (exact) mass is 543 g/mol. The number of nitro groups is 1. The molecular formula is C26H29N3O6S2. The van der Waals surface area contributed by atoms with Crippen LogP contribution in [-0.4, -0.2) is 55.2 Å². The van der Waals surface area contributed by atoms with E-state index in [0.29, 0.717) is 25.1 Å². The molecule has 4 rings (SSSR count). The number of nitrogens with zero attached hydrogens (tertiary/aromatic N) is 3. The number of methoxy groups -OCH3 is 1. The molecule has 2 heterocycles. The van der Waals surface area contributed by atoms with Crippen LogP contribution in [-0.2, 0) is 21.2 Å². The number of rotatable bonds is 10. The van der Waals surface area contributed by atoms with Gasteiger partial charge in [-0.1, -0.05) is 25.5 Å². The first kappa shape index (κ1) is 26.8. The summed E-state index contributed by atoms with van der Waals surface area (Å²) in [6.45, 7) is 2.28. The highest BCUT2D eigenvalue weighted by Gasteiger charge is 2.35. The molecule has 1 aliphatic rings. The first-order valence-electron chi connectivity index (χ1n) is 12.0. The minimum Gasteiger partial charge on any atom is -0.497 e. The van der Waals surface area contributed by atoms with Gasteiger partial charge in [0.05, 0.1) is 29.5 Å². The van der Waals surface area contributed by atoms with Crippen LogP contribution in [0.5, 0.6) is 5.75 Å². The summed E-state index contributed by atoms with van der Waals surface area (Å²) >= 11 is 1.66. The second-order valence-electron chi connectivity index (χ2n) is 8.76. The third-order valence-electron chi connectivity index (χ3n) is 6.48. The van der Waals surface area contributed by atoms with Crippen LogP contribution in [0.1, 0.15) is 41.8 Å². The number of fused-ring (bicyclic) bond motifs is 1. The van der Waals surface area contributed by atoms with E-state index < -0.39 is 14.9 Å². The van der Waals surface area contributed by atoms with E-state index in [-0.39, 0.29) is 35.6 Å². The number of thiophene rings is 1. The molecule has 37 heavy (non-hydrogen) atoms. The summed E-state index contributed by atoms with van der Waals surface area (Å²) in [6.07, 6.45) is 2.03. The van der Waals surface area contributed by atoms with E-state index in [1.807, 2.05) is 42.6 Å². The number of non-ortho nitro benzene ring substituents is 1. The van der Waals surface area contributed by atoms with Gasteiger partial charge < -0.3 is 9.64 Å². The molecule has 9 nitrogen and oxygen atoms in total. The van der Waals surface area contributed by atoms with E-state index in [0.717, 1.165) is 29.7 Å². The zero-order valence-electron chi connectivity index (χ0n) is 20.7. The van der Waals surface area contributed by atoms with Crippen LogP contribution in [0.4, 0.5) is 5.69 Å². The molecule has 196 valence electrons. The highest BCUT2D eigenvalue weighted by molar-refractivity contribution is 7.89. The minimum atomic E-state index is -4.04. The number of unbranched alkanes of at least 4 members (excludes halogenated alkanes) is 1. The van der Waals surface area contributed by atoms with Gasteiger partial charge in [0.15, 0.2) is 0 Å². The van der Waals surface area contributed by atoms with Crippen LogP contribution in [0.2, 0.25) is 0 Å². The Kier molecular flexibility index (Phi) is 8.25. The fourth-order valence-electron chi connectivity index (χ4n) is 4.48. The van der Waals surface area contributed by atoms with Gasteiger partial charge in [-0.25, -0.2) is 8.42 Å². The Bertz CT molecular complexity index is 1350. The van der Waals surface area contributed by atoms with Gasteiger partial charge >= 0.3 is 0 Å². The molecule has 0 aliphatic carbocycles. The maximum Gasteiger partial charge on any atom is 0.269 e. The maximum atomic E-state index is 13.7. The first-order valence-corrected chi connectivity index (χ1v) is 14.3. The molecule has 1 atom stereocenters. The largest absolute Gasteiger partial charge is 0.497 e. The van der Waals surface area contributed by atoms with Crippen LogP contribution in [0, 0.1) is 10.1 Å². The van der Waals surface area contributed by atoms with Gasteiger partial charge in [0, 0.05) is 30.1 Å². The second-order valence-corrected chi connectivity index (χ2v) is 11.7. The van der Waals surface area contributed by atoms with Crippen LogP contribution < -0.4 is 4.74 Å². The lowest BCUT2D eigenvalue weighted by Gasteiger charge is -2.37. The van der Waals surface area contributed by atoms with Crippen molar-refractivity contribution in [3.63, 3.8) is 0 Å². The predicted molar refractivity (Wildman–Crippen MR) is 141 cm³/mol. The number of carbonyl (C=O) groups excluding carboxylic acids is 1. The van der Waals surface area contributed by atoms with Gasteiger partial charge in [-0.15, -0.1) is 11.3 Å². The lowest BCUT2D eigenvalue weighted by molar-refractivity contribution is -0.384. The lowest BCUT2D eigenvalue weighted by atomic mass is 9.93. The normalized spacial score (nSPS) is 15.4. The van der Waals surface area contributed by atoms with Crippen LogP contribution in [0.25, 0.3) is 0 Å². The Hall–Kier alpha value is -3.28. The summed E-state index contributed by atoms with van der Waals surface area (Å²) in [7, 11) is -2.45. The summed E-state index contributed by atoms with van der Waals surface area (Å²) in [5.41, 5.74) is 1.78. The molecule has 0 spiro atoms. The summed E-state index contributed by atoms with van der Waals surface area (Å²) < 4.78 is 33.5. The van der Waals surface area contributed by atoms with Crippen molar-refractivity contribution < 1.29 is 22.9 Å². The zero-order chi connectivity index (χ0) is 26.6. The van der Waals surface area contributed by atoms with Gasteiger partial charge in [-0.2, -0.15) is 4.31 Å². The third kappa shape index (κ3) is 5.68. The molecule has 11 heteroatoms. The van der Waals surface area contributed by atoms with Gasteiger partial charge in [-0.3, -0.25) is 14.9 Å². The van der Waals surface area contributed by atoms with Crippen molar-refractivity contribution in [1.29, 1.82) is 0 Å².